The van der Waals surface area contributed by atoms with Crippen molar-refractivity contribution in [1.82, 2.24) is 4.90 Å². The molecule has 1 amide bonds. The molecule has 1 saturated heterocycles. The zero-order valence-electron chi connectivity index (χ0n) is 9.79. The molecule has 0 atom stereocenters. The van der Waals surface area contributed by atoms with Gasteiger partial charge in [0.15, 0.2) is 0 Å². The van der Waals surface area contributed by atoms with Gasteiger partial charge in [0.2, 0.25) is 5.91 Å². The minimum absolute atomic E-state index is 0.00104. The van der Waals surface area contributed by atoms with Gasteiger partial charge < -0.3 is 5.32 Å². The number of para-hydroxylation sites is 1. The molecule has 92 valence electrons. The van der Waals surface area contributed by atoms with Crippen LogP contribution < -0.4 is 5.32 Å². The highest BCUT2D eigenvalue weighted by molar-refractivity contribution is 9.09. The molecule has 1 aliphatic rings. The van der Waals surface area contributed by atoms with E-state index in [1.54, 1.807) is 0 Å². The highest BCUT2D eigenvalue weighted by Gasteiger charge is 2.14. The number of anilines is 1. The summed E-state index contributed by atoms with van der Waals surface area (Å²) in [5.41, 5.74) is 2.13. The summed E-state index contributed by atoms with van der Waals surface area (Å²) in [7, 11) is 0. The van der Waals surface area contributed by atoms with Crippen LogP contribution in [0.15, 0.2) is 24.3 Å². The third-order valence-corrected chi connectivity index (χ3v) is 3.51. The molecule has 17 heavy (non-hydrogen) atoms. The number of amides is 1. The van der Waals surface area contributed by atoms with E-state index in [1.807, 2.05) is 18.2 Å². The molecule has 0 saturated carbocycles. The molecular formula is C13H17BrN2O. The van der Waals surface area contributed by atoms with Crippen LogP contribution in [0.1, 0.15) is 18.4 Å². The van der Waals surface area contributed by atoms with Gasteiger partial charge in [-0.05, 0) is 37.6 Å². The van der Waals surface area contributed by atoms with E-state index in [-0.39, 0.29) is 5.91 Å². The molecule has 1 fully saturated rings. The number of likely N-dealkylation sites (tertiary alicyclic amines) is 1. The first kappa shape index (κ1) is 12.6. The fourth-order valence-corrected chi connectivity index (χ4v) is 2.29. The summed E-state index contributed by atoms with van der Waals surface area (Å²) in [5, 5.41) is 3.26. The number of rotatable bonds is 4. The van der Waals surface area contributed by atoms with E-state index in [4.69, 9.17) is 0 Å². The Balaban J connectivity index is 2.06. The molecule has 0 unspecified atom stereocenters. The maximum atomic E-state index is 11.4. The van der Waals surface area contributed by atoms with Crippen molar-refractivity contribution in [1.29, 1.82) is 0 Å². The van der Waals surface area contributed by atoms with Gasteiger partial charge in [-0.25, -0.2) is 0 Å². The van der Waals surface area contributed by atoms with Gasteiger partial charge in [-0.1, -0.05) is 34.1 Å². The average Bonchev–Trinajstić information content (AvgIpc) is 2.84. The Morgan fingerprint density at radius 2 is 2.00 bits per heavy atom. The Morgan fingerprint density at radius 1 is 1.29 bits per heavy atom. The molecule has 0 radical (unpaired) electrons. The number of hydrogen-bond acceptors (Lipinski definition) is 2. The fourth-order valence-electron chi connectivity index (χ4n) is 2.15. The molecule has 0 aromatic heterocycles. The lowest BCUT2D eigenvalue weighted by atomic mass is 10.1. The van der Waals surface area contributed by atoms with Crippen LogP contribution in [-0.4, -0.2) is 29.2 Å². The van der Waals surface area contributed by atoms with Crippen LogP contribution in [0.4, 0.5) is 5.69 Å². The van der Waals surface area contributed by atoms with Gasteiger partial charge in [0.05, 0.1) is 5.33 Å². The maximum Gasteiger partial charge on any atom is 0.235 e. The zero-order valence-corrected chi connectivity index (χ0v) is 11.4. The molecule has 2 rings (SSSR count). The Hall–Kier alpha value is -0.870. The third-order valence-electron chi connectivity index (χ3n) is 3.01. The molecular weight excluding hydrogens is 280 g/mol. The minimum Gasteiger partial charge on any atom is -0.325 e. The van der Waals surface area contributed by atoms with E-state index in [2.05, 4.69) is 32.2 Å². The van der Waals surface area contributed by atoms with Gasteiger partial charge >= 0.3 is 0 Å². The van der Waals surface area contributed by atoms with Gasteiger partial charge in [0, 0.05) is 12.2 Å². The maximum absolute atomic E-state index is 11.4. The molecule has 1 heterocycles. The molecule has 0 aliphatic carbocycles. The second-order valence-electron chi connectivity index (χ2n) is 4.32. The van der Waals surface area contributed by atoms with Crippen LogP contribution in [0.2, 0.25) is 0 Å². The fraction of sp³-hybridized carbons (Fsp3) is 0.462. The van der Waals surface area contributed by atoms with Gasteiger partial charge in [-0.2, -0.15) is 0 Å². The predicted octanol–water partition coefficient (Wildman–Crippen LogP) is 2.62. The van der Waals surface area contributed by atoms with Gasteiger partial charge in [-0.3, -0.25) is 9.69 Å². The number of carbonyl (C=O) groups is 1. The van der Waals surface area contributed by atoms with E-state index < -0.39 is 0 Å². The first-order valence-corrected chi connectivity index (χ1v) is 7.08. The Kier molecular flexibility index (Phi) is 4.57. The molecule has 1 N–H and O–H groups in total. The monoisotopic (exact) mass is 296 g/mol. The predicted molar refractivity (Wildman–Crippen MR) is 73.4 cm³/mol. The van der Waals surface area contributed by atoms with E-state index in [0.29, 0.717) is 5.33 Å². The Morgan fingerprint density at radius 3 is 2.71 bits per heavy atom. The van der Waals surface area contributed by atoms with E-state index >= 15 is 0 Å². The quantitative estimate of drug-likeness (QED) is 0.867. The smallest absolute Gasteiger partial charge is 0.235 e. The first-order valence-electron chi connectivity index (χ1n) is 5.95. The van der Waals surface area contributed by atoms with Crippen molar-refractivity contribution in [2.45, 2.75) is 19.4 Å². The van der Waals surface area contributed by atoms with E-state index in [1.165, 1.54) is 31.5 Å². The highest BCUT2D eigenvalue weighted by Crippen LogP contribution is 2.19. The molecule has 1 aromatic carbocycles. The third kappa shape index (κ3) is 3.54. The summed E-state index contributed by atoms with van der Waals surface area (Å²) in [5.74, 6) is -0.00104. The number of benzene rings is 1. The molecule has 0 bridgehead atoms. The van der Waals surface area contributed by atoms with E-state index in [0.717, 1.165) is 12.2 Å². The van der Waals surface area contributed by atoms with Crippen molar-refractivity contribution in [3.63, 3.8) is 0 Å². The summed E-state index contributed by atoms with van der Waals surface area (Å²) >= 11 is 3.16. The molecule has 4 heteroatoms. The number of hydrogen-bond donors (Lipinski definition) is 1. The summed E-state index contributed by atoms with van der Waals surface area (Å²) in [4.78, 5) is 13.8. The number of halogens is 1. The lowest BCUT2D eigenvalue weighted by Crippen LogP contribution is -2.20. The van der Waals surface area contributed by atoms with Crippen molar-refractivity contribution in [3.8, 4) is 0 Å². The largest absolute Gasteiger partial charge is 0.325 e. The van der Waals surface area contributed by atoms with Crippen LogP contribution in [0, 0.1) is 0 Å². The van der Waals surface area contributed by atoms with Crippen molar-refractivity contribution in [2.24, 2.45) is 0 Å². The Bertz CT molecular complexity index is 389. The second kappa shape index (κ2) is 6.17. The summed E-state index contributed by atoms with van der Waals surface area (Å²) in [6, 6.07) is 8.03. The van der Waals surface area contributed by atoms with Crippen LogP contribution in [0.25, 0.3) is 0 Å². The molecule has 1 aromatic rings. The standard InChI is InChI=1S/C13H17BrN2O/c14-9-13(17)15-12-6-2-1-5-11(12)10-16-7-3-4-8-16/h1-2,5-6H,3-4,7-10H2,(H,15,17). The van der Waals surface area contributed by atoms with Crippen molar-refractivity contribution in [2.75, 3.05) is 23.7 Å². The van der Waals surface area contributed by atoms with Gasteiger partial charge in [0.25, 0.3) is 0 Å². The lowest BCUT2D eigenvalue weighted by molar-refractivity contribution is -0.113. The van der Waals surface area contributed by atoms with Crippen LogP contribution in [0.3, 0.4) is 0 Å². The molecule has 1 aliphatic heterocycles. The average molecular weight is 297 g/mol. The zero-order chi connectivity index (χ0) is 12.1. The van der Waals surface area contributed by atoms with Gasteiger partial charge in [0.1, 0.15) is 0 Å². The summed E-state index contributed by atoms with van der Waals surface area (Å²) in [6.45, 7) is 3.26. The van der Waals surface area contributed by atoms with Crippen molar-refractivity contribution in [3.05, 3.63) is 29.8 Å². The van der Waals surface area contributed by atoms with E-state index in [9.17, 15) is 4.79 Å². The lowest BCUT2D eigenvalue weighted by Gasteiger charge is -2.17. The van der Waals surface area contributed by atoms with Crippen LogP contribution in [-0.2, 0) is 11.3 Å². The number of alkyl halides is 1. The number of nitrogens with zero attached hydrogens (tertiary/aromatic N) is 1. The first-order chi connectivity index (χ1) is 8.29. The Labute approximate surface area is 110 Å². The van der Waals surface area contributed by atoms with Crippen LogP contribution in [0.5, 0.6) is 0 Å². The van der Waals surface area contributed by atoms with Crippen molar-refractivity contribution < 1.29 is 4.79 Å². The number of nitrogens with one attached hydrogen (secondary N) is 1. The second-order valence-corrected chi connectivity index (χ2v) is 4.88. The normalized spacial score (nSPS) is 16.1. The topological polar surface area (TPSA) is 32.3 Å². The molecule has 0 spiro atoms. The van der Waals surface area contributed by atoms with Gasteiger partial charge in [-0.15, -0.1) is 0 Å². The SMILES string of the molecule is O=C(CBr)Nc1ccccc1CN1CCCC1. The summed E-state index contributed by atoms with van der Waals surface area (Å²) < 4.78 is 0. The minimum atomic E-state index is -0.00104. The molecule has 3 nitrogen and oxygen atoms in total. The van der Waals surface area contributed by atoms with Crippen LogP contribution >= 0.6 is 15.9 Å². The highest BCUT2D eigenvalue weighted by atomic mass is 79.9. The summed E-state index contributed by atoms with van der Waals surface area (Å²) in [6.07, 6.45) is 2.58. The number of carbonyl (C=O) groups excluding carboxylic acids is 1. The van der Waals surface area contributed by atoms with Crippen molar-refractivity contribution >= 4 is 27.5 Å².